The van der Waals surface area contributed by atoms with Crippen LogP contribution in [-0.2, 0) is 10.2 Å². The van der Waals surface area contributed by atoms with E-state index in [0.29, 0.717) is 17.8 Å². The zero-order chi connectivity index (χ0) is 15.2. The van der Waals surface area contributed by atoms with Gasteiger partial charge in [-0.15, -0.1) is 0 Å². The van der Waals surface area contributed by atoms with Gasteiger partial charge in [0, 0.05) is 12.1 Å². The summed E-state index contributed by atoms with van der Waals surface area (Å²) in [6.07, 6.45) is 0. The second kappa shape index (κ2) is 7.29. The van der Waals surface area contributed by atoms with Gasteiger partial charge in [-0.25, -0.2) is 0 Å². The minimum atomic E-state index is -3.62. The van der Waals surface area contributed by atoms with Gasteiger partial charge in [0.15, 0.2) is 0 Å². The summed E-state index contributed by atoms with van der Waals surface area (Å²) in [5.74, 6) is 5.45. The highest BCUT2D eigenvalue weighted by Gasteiger charge is 2.12. The number of hydrogen-bond donors (Lipinski definition) is 3. The van der Waals surface area contributed by atoms with Crippen LogP contribution in [0.1, 0.15) is 25.0 Å². The Kier molecular flexibility index (Phi) is 6.02. The molecule has 0 bridgehead atoms. The van der Waals surface area contributed by atoms with Gasteiger partial charge >= 0.3 is 0 Å². The molecule has 0 spiro atoms. The van der Waals surface area contributed by atoms with Crippen molar-refractivity contribution in [1.29, 1.82) is 0 Å². The Hall–Kier alpha value is -1.55. The van der Waals surface area contributed by atoms with Gasteiger partial charge in [0.25, 0.3) is 10.2 Å². The molecular weight excluding hydrogens is 276 g/mol. The average molecular weight is 296 g/mol. The van der Waals surface area contributed by atoms with Gasteiger partial charge in [-0.05, 0) is 30.5 Å². The number of rotatable bonds is 5. The summed E-state index contributed by atoms with van der Waals surface area (Å²) in [7, 11) is -3.62. The Morgan fingerprint density at radius 1 is 1.35 bits per heavy atom. The van der Waals surface area contributed by atoms with E-state index in [1.54, 1.807) is 12.1 Å². The lowest BCUT2D eigenvalue weighted by Crippen LogP contribution is -2.33. The topological polar surface area (TPSA) is 78.4 Å². The zero-order valence-corrected chi connectivity index (χ0v) is 12.7. The van der Waals surface area contributed by atoms with E-state index >= 15 is 0 Å². The van der Waals surface area contributed by atoms with E-state index in [-0.39, 0.29) is 12.5 Å². The number of benzene rings is 1. The van der Waals surface area contributed by atoms with Crippen LogP contribution in [0.3, 0.4) is 0 Å². The fourth-order valence-electron chi connectivity index (χ4n) is 1.44. The Balaban J connectivity index is 2.98. The van der Waals surface area contributed by atoms with Crippen LogP contribution >= 0.6 is 0 Å². The summed E-state index contributed by atoms with van der Waals surface area (Å²) in [6, 6.07) is 5.26. The standard InChI is InChI=1S/C14H20N2O3S/c1-11(2)10-15-20(18,19)16-14-9-12(3)6-7-13(14)5-4-8-17/h6-7,9,11,15-17H,8,10H2,1-3H3. The maximum atomic E-state index is 11.9. The molecule has 0 heterocycles. The lowest BCUT2D eigenvalue weighted by molar-refractivity contribution is 0.350. The number of aliphatic hydroxyl groups excluding tert-OH is 1. The van der Waals surface area contributed by atoms with Crippen molar-refractivity contribution in [3.8, 4) is 11.8 Å². The van der Waals surface area contributed by atoms with E-state index in [1.807, 2.05) is 26.8 Å². The summed E-state index contributed by atoms with van der Waals surface area (Å²) in [5, 5.41) is 8.73. The highest BCUT2D eigenvalue weighted by molar-refractivity contribution is 7.90. The number of nitrogens with one attached hydrogen (secondary N) is 2. The fourth-order valence-corrected chi connectivity index (χ4v) is 2.53. The van der Waals surface area contributed by atoms with Crippen molar-refractivity contribution in [3.05, 3.63) is 29.3 Å². The Morgan fingerprint density at radius 2 is 2.05 bits per heavy atom. The normalized spacial score (nSPS) is 11.1. The first-order chi connectivity index (χ1) is 9.34. The molecule has 0 aliphatic carbocycles. The summed E-state index contributed by atoms with van der Waals surface area (Å²) < 4.78 is 28.8. The molecule has 0 unspecified atom stereocenters. The molecule has 0 aliphatic heterocycles. The third kappa shape index (κ3) is 5.61. The fraction of sp³-hybridized carbons (Fsp3) is 0.429. The molecule has 1 rings (SSSR count). The van der Waals surface area contributed by atoms with Gasteiger partial charge in [0.1, 0.15) is 6.61 Å². The quantitative estimate of drug-likeness (QED) is 0.715. The molecule has 0 amide bonds. The summed E-state index contributed by atoms with van der Waals surface area (Å²) >= 11 is 0. The van der Waals surface area contributed by atoms with Crippen molar-refractivity contribution < 1.29 is 13.5 Å². The number of aryl methyl sites for hydroxylation is 1. The van der Waals surface area contributed by atoms with Gasteiger partial charge < -0.3 is 5.11 Å². The van der Waals surface area contributed by atoms with Crippen LogP contribution in [0.5, 0.6) is 0 Å². The largest absolute Gasteiger partial charge is 0.384 e. The second-order valence-electron chi connectivity index (χ2n) is 4.86. The lowest BCUT2D eigenvalue weighted by Gasteiger charge is -2.12. The predicted molar refractivity (Wildman–Crippen MR) is 80.5 cm³/mol. The van der Waals surface area contributed by atoms with Crippen LogP contribution in [0, 0.1) is 24.7 Å². The van der Waals surface area contributed by atoms with Crippen molar-refractivity contribution in [3.63, 3.8) is 0 Å². The first kappa shape index (κ1) is 16.5. The monoisotopic (exact) mass is 296 g/mol. The first-order valence-electron chi connectivity index (χ1n) is 6.32. The molecule has 0 radical (unpaired) electrons. The number of anilines is 1. The maximum absolute atomic E-state index is 11.9. The Bertz CT molecular complexity index is 613. The van der Waals surface area contributed by atoms with E-state index in [4.69, 9.17) is 5.11 Å². The number of aliphatic hydroxyl groups is 1. The van der Waals surface area contributed by atoms with Crippen LogP contribution in [0.2, 0.25) is 0 Å². The highest BCUT2D eigenvalue weighted by atomic mass is 32.2. The molecule has 0 aliphatic rings. The van der Waals surface area contributed by atoms with Crippen LogP contribution < -0.4 is 9.44 Å². The molecular formula is C14H20N2O3S. The third-order valence-electron chi connectivity index (χ3n) is 2.40. The predicted octanol–water partition coefficient (Wildman–Crippen LogP) is 1.24. The van der Waals surface area contributed by atoms with Crippen LogP contribution in [-0.4, -0.2) is 26.7 Å². The maximum Gasteiger partial charge on any atom is 0.299 e. The van der Waals surface area contributed by atoms with E-state index in [9.17, 15) is 8.42 Å². The molecule has 0 saturated carbocycles. The molecule has 0 aromatic heterocycles. The SMILES string of the molecule is Cc1ccc(C#CCO)c(NS(=O)(=O)NCC(C)C)c1. The summed E-state index contributed by atoms with van der Waals surface area (Å²) in [5.41, 5.74) is 1.85. The molecule has 1 aromatic rings. The van der Waals surface area contributed by atoms with Crippen LogP contribution in [0.25, 0.3) is 0 Å². The third-order valence-corrected chi connectivity index (χ3v) is 3.44. The molecule has 0 saturated heterocycles. The minimum Gasteiger partial charge on any atom is -0.384 e. The van der Waals surface area contributed by atoms with Crippen molar-refractivity contribution in [1.82, 2.24) is 4.72 Å². The molecule has 0 atom stereocenters. The molecule has 1 aromatic carbocycles. The molecule has 5 nitrogen and oxygen atoms in total. The smallest absolute Gasteiger partial charge is 0.299 e. The van der Waals surface area contributed by atoms with Gasteiger partial charge in [-0.3, -0.25) is 4.72 Å². The van der Waals surface area contributed by atoms with E-state index in [0.717, 1.165) is 5.56 Å². The summed E-state index contributed by atoms with van der Waals surface area (Å²) in [6.45, 7) is 5.80. The van der Waals surface area contributed by atoms with E-state index in [1.165, 1.54) is 0 Å². The Labute approximate surface area is 120 Å². The molecule has 3 N–H and O–H groups in total. The zero-order valence-electron chi connectivity index (χ0n) is 11.9. The molecule has 110 valence electrons. The minimum absolute atomic E-state index is 0.220. The molecule has 0 fully saturated rings. The van der Waals surface area contributed by atoms with Gasteiger partial charge in [-0.2, -0.15) is 13.1 Å². The van der Waals surface area contributed by atoms with Crippen molar-refractivity contribution >= 4 is 15.9 Å². The molecule has 20 heavy (non-hydrogen) atoms. The van der Waals surface area contributed by atoms with Gasteiger partial charge in [0.2, 0.25) is 0 Å². The Morgan fingerprint density at radius 3 is 2.65 bits per heavy atom. The van der Waals surface area contributed by atoms with Crippen molar-refractivity contribution in [2.45, 2.75) is 20.8 Å². The highest BCUT2D eigenvalue weighted by Crippen LogP contribution is 2.17. The average Bonchev–Trinajstić information content (AvgIpc) is 2.35. The van der Waals surface area contributed by atoms with Gasteiger partial charge in [-0.1, -0.05) is 31.8 Å². The van der Waals surface area contributed by atoms with E-state index in [2.05, 4.69) is 21.3 Å². The number of hydrogen-bond acceptors (Lipinski definition) is 3. The van der Waals surface area contributed by atoms with E-state index < -0.39 is 10.2 Å². The first-order valence-corrected chi connectivity index (χ1v) is 7.80. The second-order valence-corrected chi connectivity index (χ2v) is 6.36. The molecule has 6 heteroatoms. The summed E-state index contributed by atoms with van der Waals surface area (Å²) in [4.78, 5) is 0. The van der Waals surface area contributed by atoms with Crippen molar-refractivity contribution in [2.75, 3.05) is 17.9 Å². The van der Waals surface area contributed by atoms with Gasteiger partial charge in [0.05, 0.1) is 5.69 Å². The lowest BCUT2D eigenvalue weighted by atomic mass is 10.1. The van der Waals surface area contributed by atoms with Crippen LogP contribution in [0.4, 0.5) is 5.69 Å². The van der Waals surface area contributed by atoms with Crippen LogP contribution in [0.15, 0.2) is 18.2 Å². The van der Waals surface area contributed by atoms with Crippen molar-refractivity contribution in [2.24, 2.45) is 5.92 Å².